The van der Waals surface area contributed by atoms with Gasteiger partial charge in [0.25, 0.3) is 0 Å². The second-order valence-electron chi connectivity index (χ2n) is 6.17. The molecule has 4 rings (SSSR count). The van der Waals surface area contributed by atoms with E-state index in [0.29, 0.717) is 11.7 Å². The molecule has 0 atom stereocenters. The first-order chi connectivity index (χ1) is 9.79. The molecule has 2 heteroatoms. The van der Waals surface area contributed by atoms with Gasteiger partial charge in [0.1, 0.15) is 0 Å². The van der Waals surface area contributed by atoms with Gasteiger partial charge in [0.05, 0.1) is 0 Å². The number of aromatic nitrogens is 1. The van der Waals surface area contributed by atoms with Crippen molar-refractivity contribution >= 4 is 5.78 Å². The third-order valence-corrected chi connectivity index (χ3v) is 4.51. The van der Waals surface area contributed by atoms with Gasteiger partial charge in [0.15, 0.2) is 5.78 Å². The van der Waals surface area contributed by atoms with E-state index in [9.17, 15) is 4.79 Å². The lowest BCUT2D eigenvalue weighted by Gasteiger charge is -2.06. The average Bonchev–Trinajstić information content (AvgIpc) is 3.02. The van der Waals surface area contributed by atoms with Crippen molar-refractivity contribution < 1.29 is 4.79 Å². The molecule has 0 N–H and O–H groups in total. The van der Waals surface area contributed by atoms with Crippen molar-refractivity contribution in [2.75, 3.05) is 0 Å². The van der Waals surface area contributed by atoms with Crippen LogP contribution in [-0.4, -0.2) is 10.4 Å². The van der Waals surface area contributed by atoms with E-state index < -0.39 is 0 Å². The smallest absolute Gasteiger partial charge is 0.167 e. The monoisotopic (exact) mass is 265 g/mol. The van der Waals surface area contributed by atoms with Gasteiger partial charge in [0.2, 0.25) is 0 Å². The Hall–Kier alpha value is -1.83. The van der Waals surface area contributed by atoms with Gasteiger partial charge in [-0.3, -0.25) is 4.79 Å². The zero-order chi connectivity index (χ0) is 13.5. The number of carbonyl (C=O) groups is 1. The molecule has 1 heterocycles. The number of nitrogens with zero attached hydrogens (tertiary/aromatic N) is 1. The number of hydrogen-bond acceptors (Lipinski definition) is 1. The molecule has 1 aromatic heterocycles. The fourth-order valence-electron chi connectivity index (χ4n) is 3.20. The molecule has 1 aromatic carbocycles. The van der Waals surface area contributed by atoms with Crippen LogP contribution in [0.2, 0.25) is 0 Å². The lowest BCUT2D eigenvalue weighted by molar-refractivity contribution is 0.0967. The summed E-state index contributed by atoms with van der Waals surface area (Å²) in [7, 11) is 0. The third-order valence-electron chi connectivity index (χ3n) is 4.51. The Labute approximate surface area is 119 Å². The molecular weight excluding hydrogens is 246 g/mol. The average molecular weight is 265 g/mol. The Morgan fingerprint density at radius 2 is 2.00 bits per heavy atom. The first-order valence-corrected chi connectivity index (χ1v) is 7.60. The van der Waals surface area contributed by atoms with Crippen LogP contribution >= 0.6 is 0 Å². The predicted octanol–water partition coefficient (Wildman–Crippen LogP) is 3.62. The molecule has 1 saturated carbocycles. The van der Waals surface area contributed by atoms with E-state index >= 15 is 0 Å². The van der Waals surface area contributed by atoms with Gasteiger partial charge in [-0.25, -0.2) is 0 Å². The largest absolute Gasteiger partial charge is 0.349 e. The van der Waals surface area contributed by atoms with Crippen LogP contribution in [-0.2, 0) is 19.4 Å². The minimum Gasteiger partial charge on any atom is -0.349 e. The molecule has 0 saturated heterocycles. The zero-order valence-electron chi connectivity index (χ0n) is 11.6. The number of aryl methyl sites for hydroxylation is 2. The van der Waals surface area contributed by atoms with Crippen LogP contribution in [0.3, 0.4) is 0 Å². The van der Waals surface area contributed by atoms with Gasteiger partial charge in [-0.2, -0.15) is 0 Å². The summed E-state index contributed by atoms with van der Waals surface area (Å²) in [6.07, 6.45) is 9.95. The summed E-state index contributed by atoms with van der Waals surface area (Å²) in [5, 5.41) is 0. The van der Waals surface area contributed by atoms with Crippen molar-refractivity contribution in [3.05, 3.63) is 58.9 Å². The van der Waals surface area contributed by atoms with Gasteiger partial charge in [-0.05, 0) is 54.9 Å². The van der Waals surface area contributed by atoms with Crippen LogP contribution in [0.25, 0.3) is 0 Å². The Kier molecular flexibility index (Phi) is 2.76. The number of ketones is 1. The van der Waals surface area contributed by atoms with E-state index in [0.717, 1.165) is 24.9 Å². The van der Waals surface area contributed by atoms with Gasteiger partial charge in [-0.1, -0.05) is 18.2 Å². The Morgan fingerprint density at radius 1 is 1.15 bits per heavy atom. The molecule has 0 bridgehead atoms. The maximum atomic E-state index is 12.0. The SMILES string of the molecule is O=C(c1ccn(Cc2ccc3c(c2)CCC3)c1)C1CC1. The highest BCUT2D eigenvalue weighted by atomic mass is 16.1. The summed E-state index contributed by atoms with van der Waals surface area (Å²) >= 11 is 0. The molecule has 20 heavy (non-hydrogen) atoms. The topological polar surface area (TPSA) is 22.0 Å². The van der Waals surface area contributed by atoms with E-state index in [1.54, 1.807) is 0 Å². The molecule has 1 fully saturated rings. The molecule has 0 aliphatic heterocycles. The Bertz CT molecular complexity index is 664. The second-order valence-corrected chi connectivity index (χ2v) is 6.17. The minimum absolute atomic E-state index is 0.311. The predicted molar refractivity (Wildman–Crippen MR) is 79.1 cm³/mol. The molecule has 2 aliphatic carbocycles. The van der Waals surface area contributed by atoms with Crippen molar-refractivity contribution in [2.45, 2.75) is 38.6 Å². The van der Waals surface area contributed by atoms with Crippen molar-refractivity contribution in [3.63, 3.8) is 0 Å². The summed E-state index contributed by atoms with van der Waals surface area (Å²) in [5.74, 6) is 0.642. The van der Waals surface area contributed by atoms with Gasteiger partial charge < -0.3 is 4.57 Å². The highest BCUT2D eigenvalue weighted by Gasteiger charge is 2.30. The van der Waals surface area contributed by atoms with Crippen molar-refractivity contribution in [1.29, 1.82) is 0 Å². The van der Waals surface area contributed by atoms with Crippen molar-refractivity contribution in [1.82, 2.24) is 4.57 Å². The number of carbonyl (C=O) groups excluding carboxylic acids is 1. The van der Waals surface area contributed by atoms with E-state index in [1.165, 1.54) is 36.0 Å². The second kappa shape index (κ2) is 4.62. The van der Waals surface area contributed by atoms with Crippen LogP contribution in [0.5, 0.6) is 0 Å². The number of benzene rings is 1. The number of rotatable bonds is 4. The first kappa shape index (κ1) is 12.0. The molecule has 0 spiro atoms. The molecule has 2 aromatic rings. The fraction of sp³-hybridized carbons (Fsp3) is 0.389. The standard InChI is InChI=1S/C18H19NO/c20-18(15-6-7-15)17-8-9-19(12-17)11-13-4-5-14-2-1-3-16(14)10-13/h4-5,8-10,12,15H,1-3,6-7,11H2. The molecular formula is C18H19NO. The molecule has 2 aliphatic rings. The van der Waals surface area contributed by atoms with E-state index in [4.69, 9.17) is 0 Å². The Balaban J connectivity index is 1.52. The summed E-state index contributed by atoms with van der Waals surface area (Å²) in [5.41, 5.74) is 5.26. The quantitative estimate of drug-likeness (QED) is 0.774. The summed E-state index contributed by atoms with van der Waals surface area (Å²) in [6, 6.07) is 8.81. The lowest BCUT2D eigenvalue weighted by atomic mass is 10.1. The summed E-state index contributed by atoms with van der Waals surface area (Å²) in [4.78, 5) is 12.0. The summed E-state index contributed by atoms with van der Waals surface area (Å²) in [6.45, 7) is 0.866. The highest BCUT2D eigenvalue weighted by molar-refractivity contribution is 5.99. The maximum absolute atomic E-state index is 12.0. The zero-order valence-corrected chi connectivity index (χ0v) is 11.6. The van der Waals surface area contributed by atoms with Crippen molar-refractivity contribution in [2.24, 2.45) is 5.92 Å². The van der Waals surface area contributed by atoms with Gasteiger partial charge in [-0.15, -0.1) is 0 Å². The Morgan fingerprint density at radius 3 is 2.85 bits per heavy atom. The van der Waals surface area contributed by atoms with Crippen molar-refractivity contribution in [3.8, 4) is 0 Å². The van der Waals surface area contributed by atoms with E-state index in [2.05, 4.69) is 22.8 Å². The lowest BCUT2D eigenvalue weighted by Crippen LogP contribution is -2.01. The summed E-state index contributed by atoms with van der Waals surface area (Å²) < 4.78 is 2.13. The first-order valence-electron chi connectivity index (χ1n) is 7.60. The van der Waals surface area contributed by atoms with Crippen LogP contribution in [0, 0.1) is 5.92 Å². The van der Waals surface area contributed by atoms with E-state index in [1.807, 2.05) is 18.5 Å². The third kappa shape index (κ3) is 2.20. The van der Waals surface area contributed by atoms with Crippen LogP contribution in [0.4, 0.5) is 0 Å². The molecule has 0 radical (unpaired) electrons. The number of Topliss-reactive ketones (excluding diaryl/α,β-unsaturated/α-hetero) is 1. The highest BCUT2D eigenvalue weighted by Crippen LogP contribution is 2.32. The minimum atomic E-state index is 0.311. The fourth-order valence-corrected chi connectivity index (χ4v) is 3.20. The van der Waals surface area contributed by atoms with E-state index in [-0.39, 0.29) is 0 Å². The van der Waals surface area contributed by atoms with Gasteiger partial charge in [0, 0.05) is 30.4 Å². The van der Waals surface area contributed by atoms with Crippen LogP contribution < -0.4 is 0 Å². The molecule has 102 valence electrons. The number of hydrogen-bond donors (Lipinski definition) is 0. The van der Waals surface area contributed by atoms with Crippen LogP contribution in [0.15, 0.2) is 36.7 Å². The molecule has 0 amide bonds. The number of fused-ring (bicyclic) bond motifs is 1. The maximum Gasteiger partial charge on any atom is 0.167 e. The van der Waals surface area contributed by atoms with Crippen LogP contribution in [0.1, 0.15) is 46.3 Å². The normalized spacial score (nSPS) is 17.2. The van der Waals surface area contributed by atoms with Gasteiger partial charge >= 0.3 is 0 Å². The molecule has 2 nitrogen and oxygen atoms in total. The molecule has 0 unspecified atom stereocenters.